The van der Waals surface area contributed by atoms with Crippen molar-refractivity contribution >= 4 is 17.4 Å². The number of amides is 1. The van der Waals surface area contributed by atoms with Crippen LogP contribution < -0.4 is 15.0 Å². The van der Waals surface area contributed by atoms with E-state index in [4.69, 9.17) is 4.74 Å². The van der Waals surface area contributed by atoms with E-state index >= 15 is 0 Å². The zero-order valence-corrected chi connectivity index (χ0v) is 14.8. The van der Waals surface area contributed by atoms with Crippen molar-refractivity contribution in [3.63, 3.8) is 0 Å². The van der Waals surface area contributed by atoms with Crippen molar-refractivity contribution in [3.8, 4) is 5.75 Å². The number of rotatable bonds is 6. The number of nitrogens with one attached hydrogen (secondary N) is 1. The molecule has 0 spiro atoms. The van der Waals surface area contributed by atoms with Crippen LogP contribution in [0.5, 0.6) is 5.75 Å². The summed E-state index contributed by atoms with van der Waals surface area (Å²) >= 11 is 0. The van der Waals surface area contributed by atoms with Crippen LogP contribution in [0.25, 0.3) is 0 Å². The summed E-state index contributed by atoms with van der Waals surface area (Å²) in [7, 11) is 3.92. The second kappa shape index (κ2) is 8.16. The van der Waals surface area contributed by atoms with Gasteiger partial charge in [0.2, 0.25) is 0 Å². The Hall–Kier alpha value is -3.34. The molecule has 1 N–H and O–H groups in total. The third kappa shape index (κ3) is 4.39. The molecule has 26 heavy (non-hydrogen) atoms. The average Bonchev–Trinajstić information content (AvgIpc) is 2.68. The molecule has 0 aliphatic carbocycles. The van der Waals surface area contributed by atoms with Crippen LogP contribution in [0, 0.1) is 0 Å². The summed E-state index contributed by atoms with van der Waals surface area (Å²) in [6.45, 7) is 0.410. The summed E-state index contributed by atoms with van der Waals surface area (Å²) in [4.78, 5) is 18.7. The number of hydrogen-bond acceptors (Lipinski definition) is 4. The molecule has 0 atom stereocenters. The molecule has 3 aromatic rings. The van der Waals surface area contributed by atoms with Crippen LogP contribution in [0.4, 0.5) is 11.5 Å². The Bertz CT molecular complexity index is 862. The molecule has 3 rings (SSSR count). The van der Waals surface area contributed by atoms with Gasteiger partial charge in [-0.2, -0.15) is 0 Å². The fourth-order valence-corrected chi connectivity index (χ4v) is 2.43. The van der Waals surface area contributed by atoms with Crippen molar-refractivity contribution in [2.75, 3.05) is 24.3 Å². The van der Waals surface area contributed by atoms with E-state index in [0.717, 1.165) is 11.3 Å². The largest absolute Gasteiger partial charge is 0.485 e. The highest BCUT2D eigenvalue weighted by Gasteiger charge is 2.11. The Morgan fingerprint density at radius 3 is 2.42 bits per heavy atom. The van der Waals surface area contributed by atoms with E-state index in [9.17, 15) is 4.79 Å². The number of benzene rings is 2. The van der Waals surface area contributed by atoms with Gasteiger partial charge in [-0.25, -0.2) is 4.98 Å². The summed E-state index contributed by atoms with van der Waals surface area (Å²) in [6, 6.07) is 20.8. The zero-order valence-electron chi connectivity index (χ0n) is 14.8. The minimum absolute atomic E-state index is 0.224. The molecule has 0 aliphatic heterocycles. The quantitative estimate of drug-likeness (QED) is 0.733. The normalized spacial score (nSPS) is 10.2. The first-order chi connectivity index (χ1) is 12.6. The number of anilines is 2. The molecular weight excluding hydrogens is 326 g/mol. The number of carbonyl (C=O) groups is 1. The lowest BCUT2D eigenvalue weighted by Gasteiger charge is -2.13. The van der Waals surface area contributed by atoms with Crippen LogP contribution >= 0.6 is 0 Å². The second-order valence-corrected chi connectivity index (χ2v) is 6.02. The SMILES string of the molecule is CN(C)c1ccc(C(=O)Nc2ncccc2OCc2ccccc2)cc1. The van der Waals surface area contributed by atoms with Gasteiger partial charge in [0.15, 0.2) is 11.6 Å². The smallest absolute Gasteiger partial charge is 0.256 e. The Morgan fingerprint density at radius 1 is 1.00 bits per heavy atom. The molecule has 0 saturated carbocycles. The number of nitrogens with zero attached hydrogens (tertiary/aromatic N) is 2. The first-order valence-corrected chi connectivity index (χ1v) is 8.34. The lowest BCUT2D eigenvalue weighted by molar-refractivity contribution is 0.102. The maximum Gasteiger partial charge on any atom is 0.256 e. The summed E-state index contributed by atoms with van der Waals surface area (Å²) in [5.74, 6) is 0.721. The topological polar surface area (TPSA) is 54.5 Å². The first-order valence-electron chi connectivity index (χ1n) is 8.34. The molecular formula is C21H21N3O2. The molecule has 0 unspecified atom stereocenters. The van der Waals surface area contributed by atoms with Gasteiger partial charge in [-0.3, -0.25) is 4.79 Å². The Labute approximate surface area is 153 Å². The van der Waals surface area contributed by atoms with E-state index in [1.807, 2.05) is 61.5 Å². The second-order valence-electron chi connectivity index (χ2n) is 6.02. The highest BCUT2D eigenvalue weighted by molar-refractivity contribution is 6.04. The maximum atomic E-state index is 12.5. The van der Waals surface area contributed by atoms with Crippen LogP contribution in [0.1, 0.15) is 15.9 Å². The number of ether oxygens (including phenoxy) is 1. The summed E-state index contributed by atoms with van der Waals surface area (Å²) in [5, 5.41) is 2.82. The van der Waals surface area contributed by atoms with Gasteiger partial charge < -0.3 is 15.0 Å². The Morgan fingerprint density at radius 2 is 1.73 bits per heavy atom. The fraction of sp³-hybridized carbons (Fsp3) is 0.143. The first kappa shape index (κ1) is 17.5. The lowest BCUT2D eigenvalue weighted by Crippen LogP contribution is -2.14. The van der Waals surface area contributed by atoms with E-state index in [-0.39, 0.29) is 5.91 Å². The number of carbonyl (C=O) groups excluding carboxylic acids is 1. The van der Waals surface area contributed by atoms with Crippen molar-refractivity contribution < 1.29 is 9.53 Å². The lowest BCUT2D eigenvalue weighted by atomic mass is 10.2. The highest BCUT2D eigenvalue weighted by atomic mass is 16.5. The molecule has 0 saturated heterocycles. The van der Waals surface area contributed by atoms with Crippen molar-refractivity contribution in [2.24, 2.45) is 0 Å². The van der Waals surface area contributed by atoms with E-state index < -0.39 is 0 Å². The Kier molecular flexibility index (Phi) is 5.49. The standard InChI is InChI=1S/C21H21N3O2/c1-24(2)18-12-10-17(11-13-18)21(25)23-20-19(9-6-14-22-20)26-15-16-7-4-3-5-8-16/h3-14H,15H2,1-2H3,(H,22,23,25). The third-order valence-corrected chi connectivity index (χ3v) is 3.89. The molecule has 5 nitrogen and oxygen atoms in total. The van der Waals surface area contributed by atoms with Crippen LogP contribution in [-0.2, 0) is 6.61 Å². The fourth-order valence-electron chi connectivity index (χ4n) is 2.43. The van der Waals surface area contributed by atoms with Gasteiger partial charge in [-0.15, -0.1) is 0 Å². The van der Waals surface area contributed by atoms with Crippen molar-refractivity contribution in [2.45, 2.75) is 6.61 Å². The van der Waals surface area contributed by atoms with Crippen LogP contribution in [0.2, 0.25) is 0 Å². The predicted molar refractivity (Wildman–Crippen MR) is 104 cm³/mol. The van der Waals surface area contributed by atoms with Crippen LogP contribution in [-0.4, -0.2) is 25.0 Å². The molecule has 0 fully saturated rings. The molecule has 2 aromatic carbocycles. The summed E-state index contributed by atoms with van der Waals surface area (Å²) in [5.41, 5.74) is 2.65. The van der Waals surface area contributed by atoms with Gasteiger partial charge in [-0.05, 0) is 42.0 Å². The summed E-state index contributed by atoms with van der Waals surface area (Å²) in [6.07, 6.45) is 1.63. The van der Waals surface area contributed by atoms with E-state index in [0.29, 0.717) is 23.7 Å². The predicted octanol–water partition coefficient (Wildman–Crippen LogP) is 3.98. The van der Waals surface area contributed by atoms with Gasteiger partial charge in [0, 0.05) is 31.5 Å². The van der Waals surface area contributed by atoms with E-state index in [1.165, 1.54) is 0 Å². The third-order valence-electron chi connectivity index (χ3n) is 3.89. The Balaban J connectivity index is 1.70. The average molecular weight is 347 g/mol. The number of pyridine rings is 1. The molecule has 1 heterocycles. The van der Waals surface area contributed by atoms with Gasteiger partial charge in [0.25, 0.3) is 5.91 Å². The van der Waals surface area contributed by atoms with Crippen LogP contribution in [0.15, 0.2) is 72.9 Å². The highest BCUT2D eigenvalue weighted by Crippen LogP contribution is 2.23. The van der Waals surface area contributed by atoms with Crippen molar-refractivity contribution in [1.82, 2.24) is 4.98 Å². The molecule has 1 aromatic heterocycles. The van der Waals surface area contributed by atoms with Crippen molar-refractivity contribution in [1.29, 1.82) is 0 Å². The summed E-state index contributed by atoms with van der Waals surface area (Å²) < 4.78 is 5.83. The van der Waals surface area contributed by atoms with E-state index in [1.54, 1.807) is 30.5 Å². The van der Waals surface area contributed by atoms with Gasteiger partial charge in [0.05, 0.1) is 0 Å². The van der Waals surface area contributed by atoms with Gasteiger partial charge in [-0.1, -0.05) is 30.3 Å². The minimum Gasteiger partial charge on any atom is -0.485 e. The number of hydrogen-bond donors (Lipinski definition) is 1. The van der Waals surface area contributed by atoms with Gasteiger partial charge >= 0.3 is 0 Å². The zero-order chi connectivity index (χ0) is 18.4. The molecule has 0 bridgehead atoms. The minimum atomic E-state index is -0.224. The van der Waals surface area contributed by atoms with E-state index in [2.05, 4.69) is 10.3 Å². The molecule has 5 heteroatoms. The molecule has 1 amide bonds. The van der Waals surface area contributed by atoms with Crippen molar-refractivity contribution in [3.05, 3.63) is 84.1 Å². The molecule has 132 valence electrons. The molecule has 0 radical (unpaired) electrons. The van der Waals surface area contributed by atoms with Crippen LogP contribution in [0.3, 0.4) is 0 Å². The molecule has 0 aliphatic rings. The van der Waals surface area contributed by atoms with Gasteiger partial charge in [0.1, 0.15) is 6.61 Å². The monoisotopic (exact) mass is 347 g/mol. The maximum absolute atomic E-state index is 12.5. The number of aromatic nitrogens is 1.